The first-order valence-corrected chi connectivity index (χ1v) is 14.8. The minimum absolute atomic E-state index is 0.203. The minimum atomic E-state index is -0.758. The molecule has 0 radical (unpaired) electrons. The molecule has 6 rings (SSSR count). The Balaban J connectivity index is 1.37. The average Bonchev–Trinajstić information content (AvgIpc) is 3.29. The highest BCUT2D eigenvalue weighted by atomic mass is 35.5. The van der Waals surface area contributed by atoms with Crippen molar-refractivity contribution >= 4 is 45.8 Å². The Bertz CT molecular complexity index is 2040. The van der Waals surface area contributed by atoms with Gasteiger partial charge in [-0.1, -0.05) is 95.7 Å². The number of esters is 1. The first-order valence-electron chi connectivity index (χ1n) is 13.6. The second-order valence-electron chi connectivity index (χ2n) is 9.82. The normalized spacial score (nSPS) is 14.9. The van der Waals surface area contributed by atoms with Crippen molar-refractivity contribution < 1.29 is 14.3 Å². The van der Waals surface area contributed by atoms with E-state index in [0.29, 0.717) is 43.5 Å². The number of nitrogens with zero attached hydrogens (tertiary/aromatic N) is 2. The second-order valence-corrected chi connectivity index (χ2v) is 11.2. The summed E-state index contributed by atoms with van der Waals surface area (Å²) in [5, 5.41) is 2.77. The van der Waals surface area contributed by atoms with Crippen LogP contribution in [0.25, 0.3) is 16.8 Å². The molecule has 0 saturated carbocycles. The molecular weight excluding hydrogens is 568 g/mol. The molecule has 5 aromatic rings. The van der Waals surface area contributed by atoms with Gasteiger partial charge in [0, 0.05) is 5.02 Å². The molecule has 0 N–H and O–H groups in total. The molecule has 1 aromatic heterocycles. The summed E-state index contributed by atoms with van der Waals surface area (Å²) in [5.74, 6) is 0.174. The number of halogens is 1. The maximum atomic E-state index is 13.9. The van der Waals surface area contributed by atoms with E-state index in [2.05, 4.69) is 29.3 Å². The van der Waals surface area contributed by atoms with Crippen LogP contribution in [0.1, 0.15) is 36.6 Å². The lowest BCUT2D eigenvalue weighted by atomic mass is 9.96. The summed E-state index contributed by atoms with van der Waals surface area (Å²) in [6, 6.07) is 28.5. The van der Waals surface area contributed by atoms with Crippen molar-refractivity contribution in [3.8, 4) is 5.75 Å². The van der Waals surface area contributed by atoms with Crippen molar-refractivity contribution in [2.45, 2.75) is 26.5 Å². The summed E-state index contributed by atoms with van der Waals surface area (Å²) in [4.78, 5) is 32.1. The highest BCUT2D eigenvalue weighted by Gasteiger charge is 2.34. The number of hydrogen-bond donors (Lipinski definition) is 0. The fourth-order valence-electron chi connectivity index (χ4n) is 5.21. The van der Waals surface area contributed by atoms with Crippen LogP contribution in [0.15, 0.2) is 112 Å². The van der Waals surface area contributed by atoms with E-state index >= 15 is 0 Å². The smallest absolute Gasteiger partial charge is 0.338 e. The number of rotatable bonds is 7. The molecule has 6 nitrogen and oxygen atoms in total. The first-order chi connectivity index (χ1) is 20.4. The van der Waals surface area contributed by atoms with E-state index in [1.54, 1.807) is 19.9 Å². The number of allylic oxidation sites excluding steroid dienone is 1. The number of fused-ring (bicyclic) bond motifs is 2. The average molecular weight is 595 g/mol. The minimum Gasteiger partial charge on any atom is -0.489 e. The summed E-state index contributed by atoms with van der Waals surface area (Å²) >= 11 is 7.86. The largest absolute Gasteiger partial charge is 0.489 e. The summed E-state index contributed by atoms with van der Waals surface area (Å²) in [7, 11) is 0. The number of thiazole rings is 1. The van der Waals surface area contributed by atoms with E-state index in [-0.39, 0.29) is 12.2 Å². The predicted molar refractivity (Wildman–Crippen MR) is 167 cm³/mol. The molecule has 1 unspecified atom stereocenters. The lowest BCUT2D eigenvalue weighted by molar-refractivity contribution is -0.139. The Morgan fingerprint density at radius 3 is 2.62 bits per heavy atom. The van der Waals surface area contributed by atoms with Crippen molar-refractivity contribution in [2.24, 2.45) is 4.99 Å². The Morgan fingerprint density at radius 1 is 1.02 bits per heavy atom. The van der Waals surface area contributed by atoms with Crippen molar-refractivity contribution in [3.63, 3.8) is 0 Å². The van der Waals surface area contributed by atoms with Crippen molar-refractivity contribution in [1.29, 1.82) is 0 Å². The predicted octanol–water partition coefficient (Wildman–Crippen LogP) is 6.18. The highest BCUT2D eigenvalue weighted by molar-refractivity contribution is 7.07. The molecule has 1 aliphatic rings. The number of aromatic nitrogens is 1. The van der Waals surface area contributed by atoms with Crippen LogP contribution in [0.4, 0.5) is 0 Å². The standard InChI is InChI=1S/C34H27ClN2O4S/c1-3-40-33(39)30-21(2)36-34-37(31(30)27-16-6-7-17-28(27)35)32(38)29(42-34)19-22-10-8-14-25(18-22)41-20-24-13-9-12-23-11-4-5-15-26(23)24/h4-19,31H,3,20H2,1-2H3. The van der Waals surface area contributed by atoms with Crippen LogP contribution in [-0.4, -0.2) is 17.1 Å². The Morgan fingerprint density at radius 2 is 1.79 bits per heavy atom. The summed E-state index contributed by atoms with van der Waals surface area (Å²) in [6.45, 7) is 4.12. The third kappa shape index (κ3) is 5.29. The van der Waals surface area contributed by atoms with Gasteiger partial charge in [-0.05, 0) is 65.6 Å². The number of hydrogen-bond acceptors (Lipinski definition) is 6. The van der Waals surface area contributed by atoms with Gasteiger partial charge in [0.1, 0.15) is 18.4 Å². The van der Waals surface area contributed by atoms with Crippen LogP contribution in [0.3, 0.4) is 0 Å². The lowest BCUT2D eigenvalue weighted by Crippen LogP contribution is -2.40. The third-order valence-corrected chi connectivity index (χ3v) is 8.47. The molecule has 0 aliphatic carbocycles. The van der Waals surface area contributed by atoms with Gasteiger partial charge in [-0.25, -0.2) is 9.79 Å². The van der Waals surface area contributed by atoms with Gasteiger partial charge >= 0.3 is 5.97 Å². The number of carbonyl (C=O) groups excluding carboxylic acids is 1. The van der Waals surface area contributed by atoms with E-state index < -0.39 is 12.0 Å². The zero-order valence-corrected chi connectivity index (χ0v) is 24.6. The molecule has 210 valence electrons. The Kier molecular flexibility index (Phi) is 7.78. The molecule has 0 spiro atoms. The molecular formula is C34H27ClN2O4S. The van der Waals surface area contributed by atoms with Gasteiger partial charge in [0.15, 0.2) is 4.80 Å². The van der Waals surface area contributed by atoms with E-state index in [1.165, 1.54) is 21.3 Å². The van der Waals surface area contributed by atoms with Crippen molar-refractivity contribution in [3.05, 3.63) is 144 Å². The molecule has 0 bridgehead atoms. The molecule has 4 aromatic carbocycles. The van der Waals surface area contributed by atoms with Gasteiger partial charge in [0.25, 0.3) is 5.56 Å². The third-order valence-electron chi connectivity index (χ3n) is 7.15. The molecule has 0 saturated heterocycles. The number of ether oxygens (including phenoxy) is 2. The van der Waals surface area contributed by atoms with Gasteiger partial charge in [-0.15, -0.1) is 0 Å². The zero-order chi connectivity index (χ0) is 29.2. The molecule has 8 heteroatoms. The molecule has 0 amide bonds. The van der Waals surface area contributed by atoms with E-state index in [0.717, 1.165) is 16.5 Å². The second kappa shape index (κ2) is 11.8. The Labute approximate surface area is 251 Å². The van der Waals surface area contributed by atoms with Crippen molar-refractivity contribution in [1.82, 2.24) is 4.57 Å². The van der Waals surface area contributed by atoms with E-state index in [1.807, 2.05) is 66.7 Å². The fraction of sp³-hybridized carbons (Fsp3) is 0.147. The van der Waals surface area contributed by atoms with Crippen LogP contribution < -0.4 is 19.6 Å². The lowest BCUT2D eigenvalue weighted by Gasteiger charge is -2.25. The molecule has 0 fully saturated rings. The zero-order valence-electron chi connectivity index (χ0n) is 23.0. The summed E-state index contributed by atoms with van der Waals surface area (Å²) < 4.78 is 13.5. The van der Waals surface area contributed by atoms with Gasteiger partial charge in [-0.2, -0.15) is 0 Å². The number of carbonyl (C=O) groups is 1. The van der Waals surface area contributed by atoms with Gasteiger partial charge in [0.2, 0.25) is 0 Å². The highest BCUT2D eigenvalue weighted by Crippen LogP contribution is 2.34. The summed E-state index contributed by atoms with van der Waals surface area (Å²) in [6.07, 6.45) is 1.82. The van der Waals surface area contributed by atoms with E-state index in [4.69, 9.17) is 21.1 Å². The van der Waals surface area contributed by atoms with E-state index in [9.17, 15) is 9.59 Å². The van der Waals surface area contributed by atoms with Gasteiger partial charge < -0.3 is 9.47 Å². The Hall–Kier alpha value is -4.46. The van der Waals surface area contributed by atoms with Gasteiger partial charge in [0.05, 0.1) is 22.4 Å². The SMILES string of the molecule is CCOC(=O)C1=C(C)N=c2sc(=Cc3cccc(OCc4cccc5ccccc45)c3)c(=O)n2C1c1ccccc1Cl. The van der Waals surface area contributed by atoms with Gasteiger partial charge in [-0.3, -0.25) is 9.36 Å². The molecule has 1 atom stereocenters. The van der Waals surface area contributed by atoms with Crippen LogP contribution >= 0.6 is 22.9 Å². The van der Waals surface area contributed by atoms with Crippen LogP contribution in [0, 0.1) is 0 Å². The maximum Gasteiger partial charge on any atom is 0.338 e. The number of benzene rings is 4. The van der Waals surface area contributed by atoms with Crippen LogP contribution in [0.5, 0.6) is 5.75 Å². The molecule has 42 heavy (non-hydrogen) atoms. The topological polar surface area (TPSA) is 69.9 Å². The van der Waals surface area contributed by atoms with Crippen LogP contribution in [0.2, 0.25) is 5.02 Å². The monoisotopic (exact) mass is 594 g/mol. The fourth-order valence-corrected chi connectivity index (χ4v) is 6.49. The van der Waals surface area contributed by atoms with Crippen LogP contribution in [-0.2, 0) is 16.1 Å². The van der Waals surface area contributed by atoms with Crippen molar-refractivity contribution in [2.75, 3.05) is 6.61 Å². The summed E-state index contributed by atoms with van der Waals surface area (Å²) in [5.41, 5.74) is 3.07. The quantitative estimate of drug-likeness (QED) is 0.211. The first kappa shape index (κ1) is 27.7. The molecule has 2 heterocycles. The molecule has 1 aliphatic heterocycles. The maximum absolute atomic E-state index is 13.9.